The quantitative estimate of drug-likeness (QED) is 0.261. The predicted octanol–water partition coefficient (Wildman–Crippen LogP) is 5.03. The molecule has 1 aliphatic heterocycles. The lowest BCUT2D eigenvalue weighted by molar-refractivity contribution is -0.139. The predicted molar refractivity (Wildman–Crippen MR) is 127 cm³/mol. The summed E-state index contributed by atoms with van der Waals surface area (Å²) in [6.07, 6.45) is 2.71. The Morgan fingerprint density at radius 1 is 1.12 bits per heavy atom. The van der Waals surface area contributed by atoms with E-state index in [4.69, 9.17) is 16.3 Å². The van der Waals surface area contributed by atoms with Gasteiger partial charge in [-0.1, -0.05) is 43.5 Å². The van der Waals surface area contributed by atoms with E-state index in [1.165, 1.54) is 13.2 Å². The maximum absolute atomic E-state index is 13.1. The van der Waals surface area contributed by atoms with Gasteiger partial charge in [0.05, 0.1) is 24.3 Å². The van der Waals surface area contributed by atoms with Gasteiger partial charge in [-0.15, -0.1) is 0 Å². The van der Waals surface area contributed by atoms with Crippen molar-refractivity contribution < 1.29 is 19.4 Å². The van der Waals surface area contributed by atoms with Gasteiger partial charge < -0.3 is 19.6 Å². The molecule has 1 heterocycles. The van der Waals surface area contributed by atoms with Crippen molar-refractivity contribution in [3.63, 3.8) is 0 Å². The molecule has 1 N–H and O–H groups in total. The number of amides is 1. The molecule has 1 atom stereocenters. The number of nitrogens with zero attached hydrogens (tertiary/aromatic N) is 2. The lowest BCUT2D eigenvalue weighted by Crippen LogP contribution is -2.30. The van der Waals surface area contributed by atoms with Crippen LogP contribution < -0.4 is 9.64 Å². The fourth-order valence-corrected chi connectivity index (χ4v) is 4.13. The second-order valence-electron chi connectivity index (χ2n) is 8.03. The number of hydrogen-bond acceptors (Lipinski definition) is 5. The Bertz CT molecular complexity index is 1030. The van der Waals surface area contributed by atoms with E-state index in [0.717, 1.165) is 30.5 Å². The number of anilines is 1. The molecule has 7 heteroatoms. The van der Waals surface area contributed by atoms with Crippen molar-refractivity contribution in [2.24, 2.45) is 0 Å². The third-order valence-corrected chi connectivity index (χ3v) is 5.92. The molecule has 1 saturated heterocycles. The highest BCUT2D eigenvalue weighted by Crippen LogP contribution is 2.41. The number of hydrogen-bond donors (Lipinski definition) is 1. The van der Waals surface area contributed by atoms with Crippen LogP contribution in [0.4, 0.5) is 5.69 Å². The monoisotopic (exact) mass is 456 g/mol. The standard InChI is InChI=1S/C25H29ClN2O4/c1-5-6-7-14-28-22(16-8-11-18(12-9-16)27(2)3)21(24(30)25(28)31)23(29)19-15-17(26)10-13-20(19)32-4/h8-13,15,22,29H,5-7,14H2,1-4H3/b23-21+. The molecule has 3 rings (SSSR count). The number of carbonyl (C=O) groups is 2. The Labute approximate surface area is 194 Å². The zero-order valence-corrected chi connectivity index (χ0v) is 19.6. The van der Waals surface area contributed by atoms with Gasteiger partial charge in [0.2, 0.25) is 0 Å². The summed E-state index contributed by atoms with van der Waals surface area (Å²) in [7, 11) is 5.36. The van der Waals surface area contributed by atoms with Crippen molar-refractivity contribution in [1.29, 1.82) is 0 Å². The Morgan fingerprint density at radius 3 is 2.41 bits per heavy atom. The van der Waals surface area contributed by atoms with E-state index in [1.54, 1.807) is 17.0 Å². The first-order valence-electron chi connectivity index (χ1n) is 10.7. The van der Waals surface area contributed by atoms with Crippen molar-refractivity contribution in [2.75, 3.05) is 32.6 Å². The maximum Gasteiger partial charge on any atom is 0.295 e. The molecule has 1 fully saturated rings. The summed E-state index contributed by atoms with van der Waals surface area (Å²) < 4.78 is 5.36. The third-order valence-electron chi connectivity index (χ3n) is 5.68. The number of rotatable bonds is 8. The molecule has 2 aromatic carbocycles. The van der Waals surface area contributed by atoms with Crippen LogP contribution in [0.1, 0.15) is 43.4 Å². The van der Waals surface area contributed by atoms with Gasteiger partial charge >= 0.3 is 0 Å². The number of ether oxygens (including phenoxy) is 1. The summed E-state index contributed by atoms with van der Waals surface area (Å²) in [5.74, 6) is -1.23. The number of aliphatic hydroxyl groups is 1. The van der Waals surface area contributed by atoms with Crippen LogP contribution in [0.2, 0.25) is 5.02 Å². The van der Waals surface area contributed by atoms with E-state index in [1.807, 2.05) is 43.3 Å². The molecule has 0 bridgehead atoms. The molecule has 6 nitrogen and oxygen atoms in total. The maximum atomic E-state index is 13.1. The van der Waals surface area contributed by atoms with Crippen LogP contribution in [0.15, 0.2) is 48.0 Å². The fraction of sp³-hybridized carbons (Fsp3) is 0.360. The number of benzene rings is 2. The molecule has 0 spiro atoms. The molecule has 2 aromatic rings. The normalized spacial score (nSPS) is 17.7. The van der Waals surface area contributed by atoms with E-state index in [-0.39, 0.29) is 16.9 Å². The smallest absolute Gasteiger partial charge is 0.295 e. The van der Waals surface area contributed by atoms with Crippen LogP contribution in [0.5, 0.6) is 5.75 Å². The lowest BCUT2D eigenvalue weighted by Gasteiger charge is -2.26. The molecule has 1 aliphatic rings. The van der Waals surface area contributed by atoms with Crippen molar-refractivity contribution in [3.05, 3.63) is 64.2 Å². The molecule has 32 heavy (non-hydrogen) atoms. The Hall–Kier alpha value is -2.99. The van der Waals surface area contributed by atoms with Crippen molar-refractivity contribution in [2.45, 2.75) is 32.2 Å². The lowest BCUT2D eigenvalue weighted by atomic mass is 9.94. The van der Waals surface area contributed by atoms with Gasteiger partial charge in [-0.3, -0.25) is 9.59 Å². The van der Waals surface area contributed by atoms with Crippen molar-refractivity contribution in [1.82, 2.24) is 4.90 Å². The zero-order chi connectivity index (χ0) is 23.4. The minimum absolute atomic E-state index is 0.0460. The highest BCUT2D eigenvalue weighted by molar-refractivity contribution is 6.46. The first kappa shape index (κ1) is 23.7. The van der Waals surface area contributed by atoms with Gasteiger partial charge in [0, 0.05) is 31.4 Å². The van der Waals surface area contributed by atoms with E-state index < -0.39 is 17.7 Å². The Morgan fingerprint density at radius 2 is 1.81 bits per heavy atom. The van der Waals surface area contributed by atoms with Gasteiger partial charge in [0.1, 0.15) is 11.5 Å². The highest BCUT2D eigenvalue weighted by atomic mass is 35.5. The Kier molecular flexibility index (Phi) is 7.46. The summed E-state index contributed by atoms with van der Waals surface area (Å²) in [5, 5.41) is 11.6. The van der Waals surface area contributed by atoms with Crippen LogP contribution in [0, 0.1) is 0 Å². The van der Waals surface area contributed by atoms with E-state index in [0.29, 0.717) is 17.3 Å². The summed E-state index contributed by atoms with van der Waals surface area (Å²) in [6.45, 7) is 2.51. The largest absolute Gasteiger partial charge is 0.507 e. The topological polar surface area (TPSA) is 70.1 Å². The molecular formula is C25H29ClN2O4. The van der Waals surface area contributed by atoms with E-state index in [2.05, 4.69) is 6.92 Å². The number of halogens is 1. The number of Topliss-reactive ketones (excluding diaryl/α,β-unsaturated/α-hetero) is 1. The molecule has 1 unspecified atom stereocenters. The minimum Gasteiger partial charge on any atom is -0.507 e. The third kappa shape index (κ3) is 4.60. The number of ketones is 1. The van der Waals surface area contributed by atoms with Gasteiger partial charge in [-0.2, -0.15) is 0 Å². The summed E-state index contributed by atoms with van der Waals surface area (Å²) >= 11 is 6.15. The molecule has 0 saturated carbocycles. The van der Waals surface area contributed by atoms with Gasteiger partial charge in [0.15, 0.2) is 0 Å². The van der Waals surface area contributed by atoms with Crippen LogP contribution in [-0.2, 0) is 9.59 Å². The highest BCUT2D eigenvalue weighted by Gasteiger charge is 2.46. The molecule has 0 aromatic heterocycles. The van der Waals surface area contributed by atoms with Crippen LogP contribution >= 0.6 is 11.6 Å². The summed E-state index contributed by atoms with van der Waals surface area (Å²) in [6, 6.07) is 11.7. The van der Waals surface area contributed by atoms with Crippen molar-refractivity contribution in [3.8, 4) is 5.75 Å². The summed E-state index contributed by atoms with van der Waals surface area (Å²) in [4.78, 5) is 29.6. The summed E-state index contributed by atoms with van der Waals surface area (Å²) in [5.41, 5.74) is 2.08. The van der Waals surface area contributed by atoms with E-state index >= 15 is 0 Å². The van der Waals surface area contributed by atoms with Crippen LogP contribution in [0.25, 0.3) is 5.76 Å². The number of aliphatic hydroxyl groups excluding tert-OH is 1. The molecular weight excluding hydrogens is 428 g/mol. The average molecular weight is 457 g/mol. The molecule has 0 radical (unpaired) electrons. The van der Waals surface area contributed by atoms with Gasteiger partial charge in [0.25, 0.3) is 11.7 Å². The van der Waals surface area contributed by atoms with Gasteiger partial charge in [-0.05, 0) is 42.3 Å². The zero-order valence-electron chi connectivity index (χ0n) is 18.9. The number of carbonyl (C=O) groups excluding carboxylic acids is 2. The molecule has 0 aliphatic carbocycles. The second kappa shape index (κ2) is 10.1. The van der Waals surface area contributed by atoms with Crippen molar-refractivity contribution >= 4 is 34.7 Å². The average Bonchev–Trinajstić information content (AvgIpc) is 3.03. The number of unbranched alkanes of at least 4 members (excludes halogenated alkanes) is 2. The SMILES string of the molecule is CCCCCN1C(=O)C(=O)/C(=C(/O)c2cc(Cl)ccc2OC)C1c1ccc(N(C)C)cc1. The first-order valence-corrected chi connectivity index (χ1v) is 11.1. The van der Waals surface area contributed by atoms with Gasteiger partial charge in [-0.25, -0.2) is 0 Å². The second-order valence-corrected chi connectivity index (χ2v) is 8.47. The minimum atomic E-state index is -0.706. The van der Waals surface area contributed by atoms with Crippen LogP contribution in [-0.4, -0.2) is 49.4 Å². The van der Waals surface area contributed by atoms with Crippen LogP contribution in [0.3, 0.4) is 0 Å². The number of methoxy groups -OCH3 is 1. The Balaban J connectivity index is 2.17. The fourth-order valence-electron chi connectivity index (χ4n) is 3.95. The first-order chi connectivity index (χ1) is 15.3. The van der Waals surface area contributed by atoms with E-state index in [9.17, 15) is 14.7 Å². The molecule has 170 valence electrons. The number of likely N-dealkylation sites (tertiary alicyclic amines) is 1. The molecule has 1 amide bonds.